The number of carbonyl (C=O) groups is 1. The smallest absolute Gasteiger partial charge is 0.227 e. The number of piperazine rings is 1. The van der Waals surface area contributed by atoms with Crippen molar-refractivity contribution in [3.63, 3.8) is 0 Å². The number of nitrogens with zero attached hydrogens (tertiary/aromatic N) is 3. The molecule has 3 heterocycles. The summed E-state index contributed by atoms with van der Waals surface area (Å²) in [4.78, 5) is 22.7. The minimum Gasteiger partial charge on any atom is -0.345 e. The number of thiazole rings is 1. The number of hydrogen-bond acceptors (Lipinski definition) is 5. The van der Waals surface area contributed by atoms with Gasteiger partial charge in [-0.25, -0.2) is 4.98 Å². The molecule has 2 aliphatic heterocycles. The highest BCUT2D eigenvalue weighted by molar-refractivity contribution is 7.15. The van der Waals surface area contributed by atoms with E-state index in [9.17, 15) is 4.79 Å². The molecule has 0 bridgehead atoms. The monoisotopic (exact) mass is 308 g/mol. The average molecular weight is 308 g/mol. The summed E-state index contributed by atoms with van der Waals surface area (Å²) in [6.07, 6.45) is 5.18. The van der Waals surface area contributed by atoms with Crippen molar-refractivity contribution < 1.29 is 4.79 Å². The van der Waals surface area contributed by atoms with E-state index in [-0.39, 0.29) is 5.92 Å². The van der Waals surface area contributed by atoms with Gasteiger partial charge in [0.15, 0.2) is 5.13 Å². The Morgan fingerprint density at radius 2 is 2.24 bits per heavy atom. The van der Waals surface area contributed by atoms with Crippen LogP contribution in [0.3, 0.4) is 0 Å². The highest BCUT2D eigenvalue weighted by Gasteiger charge is 2.28. The van der Waals surface area contributed by atoms with Crippen LogP contribution in [0.2, 0.25) is 0 Å². The van der Waals surface area contributed by atoms with Crippen molar-refractivity contribution in [3.05, 3.63) is 11.1 Å². The number of aromatic nitrogens is 1. The fraction of sp³-hybridized carbons (Fsp3) is 0.733. The molecule has 0 spiro atoms. The van der Waals surface area contributed by atoms with E-state index >= 15 is 0 Å². The topological polar surface area (TPSA) is 48.5 Å². The molecule has 5 nitrogen and oxygen atoms in total. The zero-order valence-corrected chi connectivity index (χ0v) is 13.5. The molecular formula is C15H24N4OS. The first-order valence-corrected chi connectivity index (χ1v) is 8.78. The van der Waals surface area contributed by atoms with Crippen molar-refractivity contribution in [2.24, 2.45) is 5.92 Å². The van der Waals surface area contributed by atoms with E-state index in [0.29, 0.717) is 5.91 Å². The van der Waals surface area contributed by atoms with Crippen LogP contribution in [0.15, 0.2) is 6.20 Å². The van der Waals surface area contributed by atoms with E-state index in [1.807, 2.05) is 11.1 Å². The van der Waals surface area contributed by atoms with Crippen molar-refractivity contribution in [1.82, 2.24) is 15.2 Å². The minimum atomic E-state index is 0.192. The molecule has 2 fully saturated rings. The van der Waals surface area contributed by atoms with Crippen LogP contribution in [0.25, 0.3) is 0 Å². The lowest BCUT2D eigenvalue weighted by atomic mass is 9.98. The largest absolute Gasteiger partial charge is 0.345 e. The summed E-state index contributed by atoms with van der Waals surface area (Å²) in [6, 6.07) is 0. The van der Waals surface area contributed by atoms with E-state index in [1.165, 1.54) is 4.88 Å². The number of amides is 1. The van der Waals surface area contributed by atoms with E-state index in [4.69, 9.17) is 0 Å². The minimum absolute atomic E-state index is 0.192. The predicted octanol–water partition coefficient (Wildman–Crippen LogP) is 1.35. The predicted molar refractivity (Wildman–Crippen MR) is 85.9 cm³/mol. The average Bonchev–Trinajstić information content (AvgIpc) is 3.04. The quantitative estimate of drug-likeness (QED) is 0.916. The number of rotatable bonds is 3. The van der Waals surface area contributed by atoms with Gasteiger partial charge in [0.2, 0.25) is 5.91 Å². The summed E-state index contributed by atoms with van der Waals surface area (Å²) in [5.74, 6) is 0.534. The molecule has 3 rings (SSSR count). The molecule has 21 heavy (non-hydrogen) atoms. The number of piperidine rings is 1. The van der Waals surface area contributed by atoms with Crippen LogP contribution in [-0.4, -0.2) is 55.1 Å². The first kappa shape index (κ1) is 14.8. The molecule has 1 amide bonds. The van der Waals surface area contributed by atoms with E-state index < -0.39 is 0 Å². The van der Waals surface area contributed by atoms with Crippen molar-refractivity contribution in [1.29, 1.82) is 0 Å². The Hall–Kier alpha value is -1.14. The molecule has 6 heteroatoms. The normalized spacial score (nSPS) is 23.4. The van der Waals surface area contributed by atoms with E-state index in [0.717, 1.165) is 63.7 Å². The van der Waals surface area contributed by atoms with Gasteiger partial charge in [-0.1, -0.05) is 6.92 Å². The van der Waals surface area contributed by atoms with Crippen LogP contribution in [0, 0.1) is 5.92 Å². The molecule has 0 saturated carbocycles. The van der Waals surface area contributed by atoms with E-state index in [1.54, 1.807) is 11.3 Å². The molecule has 1 atom stereocenters. The van der Waals surface area contributed by atoms with Crippen LogP contribution in [0.5, 0.6) is 0 Å². The second-order valence-electron chi connectivity index (χ2n) is 5.82. The zero-order chi connectivity index (χ0) is 14.7. The number of carbonyl (C=O) groups excluding carboxylic acids is 1. The standard InChI is InChI=1S/C15H24N4OS/c1-2-13-11-17-15(21-13)19-8-6-18(7-9-19)14(20)12-4-3-5-16-10-12/h11-12,16H,2-10H2,1H3. The Bertz CT molecular complexity index is 476. The Balaban J connectivity index is 1.53. The first-order chi connectivity index (χ1) is 10.3. The van der Waals surface area contributed by atoms with Crippen molar-refractivity contribution in [3.8, 4) is 0 Å². The van der Waals surface area contributed by atoms with Gasteiger partial charge in [-0.2, -0.15) is 0 Å². The molecule has 1 N–H and O–H groups in total. The molecule has 0 radical (unpaired) electrons. The van der Waals surface area contributed by atoms with Crippen LogP contribution in [0.4, 0.5) is 5.13 Å². The van der Waals surface area contributed by atoms with Gasteiger partial charge in [-0.3, -0.25) is 4.79 Å². The third-order valence-electron chi connectivity index (χ3n) is 4.40. The lowest BCUT2D eigenvalue weighted by Crippen LogP contribution is -2.52. The molecular weight excluding hydrogens is 284 g/mol. The van der Waals surface area contributed by atoms with Crippen LogP contribution >= 0.6 is 11.3 Å². The summed E-state index contributed by atoms with van der Waals surface area (Å²) in [5, 5.41) is 4.44. The summed E-state index contributed by atoms with van der Waals surface area (Å²) in [7, 11) is 0. The van der Waals surface area contributed by atoms with Gasteiger partial charge in [-0.05, 0) is 25.8 Å². The second-order valence-corrected chi connectivity index (χ2v) is 6.91. The number of anilines is 1. The molecule has 0 aliphatic carbocycles. The fourth-order valence-electron chi connectivity index (χ4n) is 3.05. The molecule has 116 valence electrons. The highest BCUT2D eigenvalue weighted by Crippen LogP contribution is 2.24. The van der Waals surface area contributed by atoms with E-state index in [2.05, 4.69) is 22.1 Å². The number of hydrogen-bond donors (Lipinski definition) is 1. The summed E-state index contributed by atoms with van der Waals surface area (Å²) in [5.41, 5.74) is 0. The van der Waals surface area contributed by atoms with Crippen LogP contribution < -0.4 is 10.2 Å². The van der Waals surface area contributed by atoms with Gasteiger partial charge >= 0.3 is 0 Å². The molecule has 1 aromatic heterocycles. The van der Waals surface area contributed by atoms with Gasteiger partial charge < -0.3 is 15.1 Å². The Morgan fingerprint density at radius 1 is 1.43 bits per heavy atom. The number of nitrogens with one attached hydrogen (secondary N) is 1. The van der Waals surface area contributed by atoms with Crippen molar-refractivity contribution >= 4 is 22.4 Å². The summed E-state index contributed by atoms with van der Waals surface area (Å²) < 4.78 is 0. The number of aryl methyl sites for hydroxylation is 1. The SMILES string of the molecule is CCc1cnc(N2CCN(C(=O)C3CCCNC3)CC2)s1. The van der Waals surface area contributed by atoms with Gasteiger partial charge in [0, 0.05) is 43.8 Å². The highest BCUT2D eigenvalue weighted by atomic mass is 32.1. The van der Waals surface area contributed by atoms with Gasteiger partial charge in [-0.15, -0.1) is 11.3 Å². The third kappa shape index (κ3) is 3.37. The van der Waals surface area contributed by atoms with Crippen molar-refractivity contribution in [2.45, 2.75) is 26.2 Å². The lowest BCUT2D eigenvalue weighted by molar-refractivity contribution is -0.136. The Morgan fingerprint density at radius 3 is 2.86 bits per heavy atom. The van der Waals surface area contributed by atoms with Crippen LogP contribution in [-0.2, 0) is 11.2 Å². The first-order valence-electron chi connectivity index (χ1n) is 7.97. The maximum Gasteiger partial charge on any atom is 0.227 e. The second kappa shape index (κ2) is 6.75. The Labute approximate surface area is 130 Å². The molecule has 2 saturated heterocycles. The molecule has 1 aromatic rings. The van der Waals surface area contributed by atoms with Crippen LogP contribution in [0.1, 0.15) is 24.6 Å². The summed E-state index contributed by atoms with van der Waals surface area (Å²) >= 11 is 1.78. The summed E-state index contributed by atoms with van der Waals surface area (Å²) in [6.45, 7) is 7.54. The maximum atomic E-state index is 12.5. The Kier molecular flexibility index (Phi) is 4.75. The lowest BCUT2D eigenvalue weighted by Gasteiger charge is -2.37. The molecule has 2 aliphatic rings. The maximum absolute atomic E-state index is 12.5. The van der Waals surface area contributed by atoms with Gasteiger partial charge in [0.1, 0.15) is 0 Å². The van der Waals surface area contributed by atoms with Gasteiger partial charge in [0.05, 0.1) is 5.92 Å². The zero-order valence-electron chi connectivity index (χ0n) is 12.7. The third-order valence-corrected chi connectivity index (χ3v) is 5.60. The van der Waals surface area contributed by atoms with Gasteiger partial charge in [0.25, 0.3) is 0 Å². The molecule has 0 aromatic carbocycles. The fourth-order valence-corrected chi connectivity index (χ4v) is 3.95. The molecule has 1 unspecified atom stereocenters. The van der Waals surface area contributed by atoms with Crippen molar-refractivity contribution in [2.75, 3.05) is 44.2 Å².